The number of hydrogen-bond donors (Lipinski definition) is 1. The second-order valence-corrected chi connectivity index (χ2v) is 9.69. The Kier molecular flexibility index (Phi) is 6.05. The third kappa shape index (κ3) is 4.77. The Morgan fingerprint density at radius 1 is 0.871 bits per heavy atom. The van der Waals surface area contributed by atoms with Crippen LogP contribution in [-0.4, -0.2) is 13.4 Å². The zero-order valence-electron chi connectivity index (χ0n) is 16.5. The summed E-state index contributed by atoms with van der Waals surface area (Å²) in [6.45, 7) is 2.30. The van der Waals surface area contributed by atoms with Crippen LogP contribution in [0.5, 0.6) is 0 Å². The van der Waals surface area contributed by atoms with Crippen molar-refractivity contribution in [3.05, 3.63) is 94.0 Å². The molecule has 1 aromatic heterocycles. The molecule has 0 aliphatic rings. The number of benzene rings is 3. The largest absolute Gasteiger partial charge is 0.419 e. The van der Waals surface area contributed by atoms with Gasteiger partial charge in [-0.15, -0.1) is 0 Å². The molecule has 5 nitrogen and oxygen atoms in total. The number of aryl methyl sites for hydroxylation is 1. The van der Waals surface area contributed by atoms with Gasteiger partial charge < -0.3 is 9.73 Å². The monoisotopic (exact) mass is 472 g/mol. The van der Waals surface area contributed by atoms with Gasteiger partial charge in [0.05, 0.1) is 4.90 Å². The van der Waals surface area contributed by atoms with Crippen LogP contribution >= 0.6 is 23.2 Å². The average Bonchev–Trinajstić information content (AvgIpc) is 3.19. The summed E-state index contributed by atoms with van der Waals surface area (Å²) in [5, 5.41) is 3.95. The van der Waals surface area contributed by atoms with Crippen LogP contribution in [0.4, 0.5) is 5.88 Å². The van der Waals surface area contributed by atoms with Gasteiger partial charge in [-0.05, 0) is 61.0 Å². The van der Waals surface area contributed by atoms with Gasteiger partial charge in [-0.2, -0.15) is 4.98 Å². The summed E-state index contributed by atoms with van der Waals surface area (Å²) in [6.07, 6.45) is 0. The maximum atomic E-state index is 13.3. The molecule has 0 unspecified atom stereocenters. The number of sulfone groups is 1. The first kappa shape index (κ1) is 21.4. The molecule has 1 heterocycles. The predicted octanol–water partition coefficient (Wildman–Crippen LogP) is 6.40. The van der Waals surface area contributed by atoms with E-state index in [2.05, 4.69) is 10.3 Å². The molecule has 158 valence electrons. The molecule has 31 heavy (non-hydrogen) atoms. The Hall–Kier alpha value is -2.80. The first-order chi connectivity index (χ1) is 14.8. The van der Waals surface area contributed by atoms with Crippen molar-refractivity contribution in [1.29, 1.82) is 0 Å². The van der Waals surface area contributed by atoms with E-state index in [9.17, 15) is 8.42 Å². The predicted molar refractivity (Wildman–Crippen MR) is 122 cm³/mol. The van der Waals surface area contributed by atoms with Gasteiger partial charge in [0.25, 0.3) is 0 Å². The van der Waals surface area contributed by atoms with E-state index in [4.69, 9.17) is 27.6 Å². The number of oxazole rings is 1. The zero-order valence-corrected chi connectivity index (χ0v) is 18.8. The van der Waals surface area contributed by atoms with E-state index in [0.29, 0.717) is 22.2 Å². The Balaban J connectivity index is 1.74. The molecule has 8 heteroatoms. The van der Waals surface area contributed by atoms with Gasteiger partial charge in [0.1, 0.15) is 0 Å². The van der Waals surface area contributed by atoms with Gasteiger partial charge in [-0.25, -0.2) is 8.42 Å². The fraction of sp³-hybridized carbons (Fsp3) is 0.0870. The second kappa shape index (κ2) is 8.75. The maximum absolute atomic E-state index is 13.3. The van der Waals surface area contributed by atoms with E-state index < -0.39 is 9.84 Å². The lowest BCUT2D eigenvalue weighted by molar-refractivity contribution is 0.576. The standard InChI is InChI=1S/C23H18Cl2N2O3S/c1-15-2-6-17(7-3-15)21-27-23(31(28,29)20-12-10-19(25)11-13-20)22(30-21)26-14-16-4-8-18(24)9-5-16/h2-13,26H,14H2,1H3. The van der Waals surface area contributed by atoms with Crippen LogP contribution in [0.1, 0.15) is 11.1 Å². The first-order valence-corrected chi connectivity index (χ1v) is 11.6. The fourth-order valence-electron chi connectivity index (χ4n) is 2.93. The molecular formula is C23H18Cl2N2O3S. The Bertz CT molecular complexity index is 1300. The highest BCUT2D eigenvalue weighted by Gasteiger charge is 2.28. The van der Waals surface area contributed by atoms with E-state index in [0.717, 1.165) is 11.1 Å². The minimum Gasteiger partial charge on any atom is -0.419 e. The van der Waals surface area contributed by atoms with E-state index in [1.54, 1.807) is 12.1 Å². The van der Waals surface area contributed by atoms with Gasteiger partial charge in [0, 0.05) is 22.2 Å². The van der Waals surface area contributed by atoms with Crippen molar-refractivity contribution in [1.82, 2.24) is 4.98 Å². The molecule has 0 aliphatic carbocycles. The molecule has 0 amide bonds. The molecule has 4 aromatic rings. The van der Waals surface area contributed by atoms with Crippen molar-refractivity contribution in [2.45, 2.75) is 23.4 Å². The molecule has 0 bridgehead atoms. The molecule has 1 N–H and O–H groups in total. The van der Waals surface area contributed by atoms with Gasteiger partial charge in [-0.3, -0.25) is 0 Å². The number of anilines is 1. The van der Waals surface area contributed by atoms with Crippen LogP contribution in [0.2, 0.25) is 10.0 Å². The molecular weight excluding hydrogens is 455 g/mol. The van der Waals surface area contributed by atoms with Crippen LogP contribution in [-0.2, 0) is 16.4 Å². The van der Waals surface area contributed by atoms with Gasteiger partial charge in [0.15, 0.2) is 0 Å². The molecule has 0 fully saturated rings. The lowest BCUT2D eigenvalue weighted by Gasteiger charge is -2.06. The number of aromatic nitrogens is 1. The van der Waals surface area contributed by atoms with E-state index in [1.165, 1.54) is 24.3 Å². The van der Waals surface area contributed by atoms with Gasteiger partial charge in [-0.1, -0.05) is 53.0 Å². The van der Waals surface area contributed by atoms with Crippen LogP contribution < -0.4 is 5.32 Å². The molecule has 4 rings (SSSR count). The van der Waals surface area contributed by atoms with Crippen LogP contribution in [0, 0.1) is 6.92 Å². The summed E-state index contributed by atoms with van der Waals surface area (Å²) in [4.78, 5) is 4.41. The Labute approximate surface area is 190 Å². The lowest BCUT2D eigenvalue weighted by Crippen LogP contribution is -2.07. The molecule has 0 aliphatic heterocycles. The normalized spacial score (nSPS) is 11.5. The second-order valence-electron chi connectivity index (χ2n) is 6.96. The Morgan fingerprint density at radius 2 is 1.45 bits per heavy atom. The summed E-state index contributed by atoms with van der Waals surface area (Å²) in [6, 6.07) is 20.7. The minimum atomic E-state index is -3.94. The van der Waals surface area contributed by atoms with E-state index in [-0.39, 0.29) is 21.7 Å². The molecule has 0 saturated heterocycles. The van der Waals surface area contributed by atoms with Crippen molar-refractivity contribution in [3.63, 3.8) is 0 Å². The van der Waals surface area contributed by atoms with E-state index in [1.807, 2.05) is 43.3 Å². The van der Waals surface area contributed by atoms with Crippen molar-refractivity contribution in [2.24, 2.45) is 0 Å². The smallest absolute Gasteiger partial charge is 0.234 e. The van der Waals surface area contributed by atoms with Crippen molar-refractivity contribution < 1.29 is 12.8 Å². The SMILES string of the molecule is Cc1ccc(-c2nc(S(=O)(=O)c3ccc(Cl)cc3)c(NCc3ccc(Cl)cc3)o2)cc1. The van der Waals surface area contributed by atoms with E-state index >= 15 is 0 Å². The fourth-order valence-corrected chi connectivity index (χ4v) is 4.46. The van der Waals surface area contributed by atoms with Crippen LogP contribution in [0.15, 0.2) is 87.1 Å². The molecule has 0 atom stereocenters. The van der Waals surface area contributed by atoms with Gasteiger partial charge in [0.2, 0.25) is 26.6 Å². The van der Waals surface area contributed by atoms with Crippen LogP contribution in [0.3, 0.4) is 0 Å². The minimum absolute atomic E-state index is 0.0699. The topological polar surface area (TPSA) is 72.2 Å². The first-order valence-electron chi connectivity index (χ1n) is 9.40. The maximum Gasteiger partial charge on any atom is 0.234 e. The Morgan fingerprint density at radius 3 is 2.06 bits per heavy atom. The summed E-state index contributed by atoms with van der Waals surface area (Å²) >= 11 is 11.9. The molecule has 0 saturated carbocycles. The van der Waals surface area contributed by atoms with Gasteiger partial charge >= 0.3 is 0 Å². The van der Waals surface area contributed by atoms with Crippen molar-refractivity contribution in [2.75, 3.05) is 5.32 Å². The number of nitrogens with one attached hydrogen (secondary N) is 1. The number of nitrogens with zero attached hydrogens (tertiary/aromatic N) is 1. The summed E-state index contributed by atoms with van der Waals surface area (Å²) in [7, 11) is -3.94. The van der Waals surface area contributed by atoms with Crippen molar-refractivity contribution >= 4 is 38.9 Å². The zero-order chi connectivity index (χ0) is 22.0. The summed E-state index contributed by atoms with van der Waals surface area (Å²) < 4.78 is 32.5. The average molecular weight is 473 g/mol. The lowest BCUT2D eigenvalue weighted by atomic mass is 10.1. The number of halogens is 2. The third-order valence-corrected chi connectivity index (χ3v) is 6.82. The quantitative estimate of drug-likeness (QED) is 0.351. The highest BCUT2D eigenvalue weighted by molar-refractivity contribution is 7.91. The van der Waals surface area contributed by atoms with Crippen molar-refractivity contribution in [3.8, 4) is 11.5 Å². The number of rotatable bonds is 6. The number of hydrogen-bond acceptors (Lipinski definition) is 5. The molecule has 0 radical (unpaired) electrons. The molecule has 0 spiro atoms. The van der Waals surface area contributed by atoms with Crippen LogP contribution in [0.25, 0.3) is 11.5 Å². The highest BCUT2D eigenvalue weighted by Crippen LogP contribution is 2.33. The highest BCUT2D eigenvalue weighted by atomic mass is 35.5. The summed E-state index contributed by atoms with van der Waals surface area (Å²) in [5.41, 5.74) is 2.66. The molecule has 3 aromatic carbocycles. The summed E-state index contributed by atoms with van der Waals surface area (Å²) in [5.74, 6) is 0.284. The third-order valence-electron chi connectivity index (χ3n) is 4.64.